The fourth-order valence-corrected chi connectivity index (χ4v) is 17.5. The van der Waals surface area contributed by atoms with Gasteiger partial charge in [-0.25, -0.2) is 0 Å². The molecule has 8 nitrogen and oxygen atoms in total. The van der Waals surface area contributed by atoms with Gasteiger partial charge in [-0.15, -0.1) is 0 Å². The minimum atomic E-state index is -0.722. The summed E-state index contributed by atoms with van der Waals surface area (Å²) in [6.45, 7) is 22.6. The van der Waals surface area contributed by atoms with Crippen molar-refractivity contribution in [2.24, 2.45) is 57.2 Å². The minimum absolute atomic E-state index is 0.0960. The standard InChI is InChI=1S/C59H84N2O6/c1-10-11-12-17-43-52(65)48(36(3)30-45(62)54-55(4,5)67-54)49-42(34-61-33-40(50-44(61)20-25-60-50)32-37-28-35(2)29-39(31-37)38-21-26-66-27-22-38)51(64)53-56(6)23-19-47(63)58(8,41-15-13-14-16-41)46(56)18-24-57(53,7)59(43,49)9/h20,25,28-29,31,33,36,38,41-43,45-46,51,53-54,60,62,64H,10-19,21-24,26-27,30,32,34H2,1-9H3. The van der Waals surface area contributed by atoms with Crippen molar-refractivity contribution in [2.45, 2.75) is 201 Å². The zero-order valence-corrected chi connectivity index (χ0v) is 42.6. The van der Waals surface area contributed by atoms with Crippen molar-refractivity contribution in [1.29, 1.82) is 0 Å². The normalized spacial score (nSPS) is 37.5. The zero-order chi connectivity index (χ0) is 47.4. The van der Waals surface area contributed by atoms with Crippen LogP contribution in [0.1, 0.15) is 180 Å². The number of carbonyl (C=O) groups excluding carboxylic acids is 2. The lowest BCUT2D eigenvalue weighted by molar-refractivity contribution is -0.233. The third-order valence-corrected chi connectivity index (χ3v) is 20.9. The van der Waals surface area contributed by atoms with Gasteiger partial charge in [0.15, 0.2) is 5.78 Å². The van der Waals surface area contributed by atoms with Gasteiger partial charge in [0.25, 0.3) is 0 Å². The summed E-state index contributed by atoms with van der Waals surface area (Å²) in [5.41, 5.74) is 7.62. The molecule has 4 saturated carbocycles. The molecule has 67 heavy (non-hydrogen) atoms. The van der Waals surface area contributed by atoms with Gasteiger partial charge in [-0.05, 0) is 153 Å². The van der Waals surface area contributed by atoms with Gasteiger partial charge in [0.05, 0.1) is 28.8 Å². The quantitative estimate of drug-likeness (QED) is 0.110. The van der Waals surface area contributed by atoms with Gasteiger partial charge < -0.3 is 29.2 Å². The van der Waals surface area contributed by atoms with Crippen LogP contribution in [-0.4, -0.2) is 68.5 Å². The molecule has 2 saturated heterocycles. The number of ether oxygens (including phenoxy) is 2. The fourth-order valence-electron chi connectivity index (χ4n) is 17.5. The van der Waals surface area contributed by atoms with Gasteiger partial charge in [0, 0.05) is 67.7 Å². The number of fused-ring (bicyclic) bond motifs is 6. The van der Waals surface area contributed by atoms with E-state index in [2.05, 4.69) is 94.7 Å². The number of aryl methyl sites for hydroxylation is 1. The number of allylic oxidation sites excluding steroid dienone is 1. The lowest BCUT2D eigenvalue weighted by Crippen LogP contribution is -2.69. The Kier molecular flexibility index (Phi) is 12.3. The molecule has 12 atom stereocenters. The maximum atomic E-state index is 15.8. The summed E-state index contributed by atoms with van der Waals surface area (Å²) in [5, 5.41) is 25.6. The summed E-state index contributed by atoms with van der Waals surface area (Å²) in [5.74, 6) is 0.981. The summed E-state index contributed by atoms with van der Waals surface area (Å²) in [4.78, 5) is 34.0. The topological polar surface area (TPSA) is 117 Å². The van der Waals surface area contributed by atoms with Crippen LogP contribution in [0.15, 0.2) is 47.8 Å². The average molecular weight is 917 g/mol. The van der Waals surface area contributed by atoms with Crippen LogP contribution in [0.3, 0.4) is 0 Å². The molecular formula is C59H84N2O6. The number of hydrogen-bond donors (Lipinski definition) is 3. The first-order valence-electron chi connectivity index (χ1n) is 27.1. The number of aromatic amines is 1. The summed E-state index contributed by atoms with van der Waals surface area (Å²) in [7, 11) is 0. The molecule has 0 amide bonds. The number of H-pyrrole nitrogens is 1. The highest BCUT2D eigenvalue weighted by Gasteiger charge is 2.75. The molecule has 3 N–H and O–H groups in total. The number of Topliss-reactive ketones (excluding diaryl/α,β-unsaturated/α-hetero) is 2. The van der Waals surface area contributed by atoms with Gasteiger partial charge in [-0.3, -0.25) is 9.59 Å². The minimum Gasteiger partial charge on any atom is -0.392 e. The number of aliphatic hydroxyl groups is 2. The molecule has 1 aromatic carbocycles. The molecule has 8 heteroatoms. The van der Waals surface area contributed by atoms with Crippen LogP contribution in [0.25, 0.3) is 11.0 Å². The van der Waals surface area contributed by atoms with E-state index in [1.807, 2.05) is 13.8 Å². The Morgan fingerprint density at radius 2 is 1.69 bits per heavy atom. The Morgan fingerprint density at radius 3 is 2.39 bits per heavy atom. The SMILES string of the molecule is CCCCCC1C(=O)C(C(C)CC(O)C2OC2(C)C)=C2C(Cn3cc(Cc4cc(C)cc(C5CCOCC5)c4)c4[nH]ccc43)C(O)C3C4(C)CCC(=O)C(C)(C5CCCC5)C4CCC3(C)C21C. The highest BCUT2D eigenvalue weighted by Crippen LogP contribution is 2.77. The number of unbranched alkanes of at least 4 members (excludes halogenated alkanes) is 2. The van der Waals surface area contributed by atoms with Gasteiger partial charge in [0.1, 0.15) is 11.9 Å². The number of nitrogens with zero attached hydrogens (tertiary/aromatic N) is 1. The van der Waals surface area contributed by atoms with Crippen LogP contribution in [0.5, 0.6) is 0 Å². The van der Waals surface area contributed by atoms with E-state index >= 15 is 4.79 Å². The van der Waals surface area contributed by atoms with Crippen LogP contribution in [0.2, 0.25) is 0 Å². The Hall–Kier alpha value is -3.04. The van der Waals surface area contributed by atoms with Crippen molar-refractivity contribution in [1.82, 2.24) is 9.55 Å². The lowest BCUT2D eigenvalue weighted by atomic mass is 9.33. The van der Waals surface area contributed by atoms with E-state index < -0.39 is 23.0 Å². The van der Waals surface area contributed by atoms with Crippen molar-refractivity contribution in [2.75, 3.05) is 13.2 Å². The number of carbonyl (C=O) groups is 2. The van der Waals surface area contributed by atoms with Crippen molar-refractivity contribution in [3.05, 3.63) is 70.1 Å². The van der Waals surface area contributed by atoms with E-state index in [0.29, 0.717) is 37.0 Å². The van der Waals surface area contributed by atoms with E-state index in [4.69, 9.17) is 9.47 Å². The number of nitrogens with one attached hydrogen (secondary N) is 1. The molecule has 10 rings (SSSR count). The Balaban J connectivity index is 1.10. The molecule has 0 radical (unpaired) electrons. The molecule has 2 aliphatic heterocycles. The Morgan fingerprint density at radius 1 is 0.955 bits per heavy atom. The molecule has 5 aliphatic carbocycles. The average Bonchev–Trinajstić information content (AvgIpc) is 3.85. The number of benzene rings is 1. The molecule has 366 valence electrons. The molecular weight excluding hydrogens is 833 g/mol. The van der Waals surface area contributed by atoms with Gasteiger partial charge in [-0.2, -0.15) is 0 Å². The van der Waals surface area contributed by atoms with Crippen molar-refractivity contribution < 1.29 is 29.3 Å². The van der Waals surface area contributed by atoms with Crippen molar-refractivity contribution in [3.63, 3.8) is 0 Å². The number of aromatic nitrogens is 2. The number of ketones is 2. The molecule has 6 fully saturated rings. The monoisotopic (exact) mass is 917 g/mol. The third kappa shape index (κ3) is 7.47. The predicted octanol–water partition coefficient (Wildman–Crippen LogP) is 12.0. The molecule has 2 aromatic heterocycles. The molecule has 12 unspecified atom stereocenters. The first-order valence-corrected chi connectivity index (χ1v) is 27.1. The van der Waals surface area contributed by atoms with Crippen molar-refractivity contribution >= 4 is 22.6 Å². The second-order valence-corrected chi connectivity index (χ2v) is 24.9. The second-order valence-electron chi connectivity index (χ2n) is 24.9. The first-order chi connectivity index (χ1) is 31.9. The smallest absolute Gasteiger partial charge is 0.163 e. The Labute approximate surface area is 401 Å². The molecule has 0 bridgehead atoms. The summed E-state index contributed by atoms with van der Waals surface area (Å²) in [6.07, 6.45) is 17.9. The van der Waals surface area contributed by atoms with Crippen LogP contribution < -0.4 is 0 Å². The summed E-state index contributed by atoms with van der Waals surface area (Å²) >= 11 is 0. The molecule has 3 aromatic rings. The lowest BCUT2D eigenvalue weighted by Gasteiger charge is -2.71. The molecule has 0 spiro atoms. The largest absolute Gasteiger partial charge is 0.392 e. The van der Waals surface area contributed by atoms with E-state index in [1.165, 1.54) is 40.7 Å². The zero-order valence-electron chi connectivity index (χ0n) is 42.6. The summed E-state index contributed by atoms with van der Waals surface area (Å²) < 4.78 is 14.1. The summed E-state index contributed by atoms with van der Waals surface area (Å²) in [6, 6.07) is 9.31. The van der Waals surface area contributed by atoms with Gasteiger partial charge in [-0.1, -0.05) is 97.4 Å². The molecule has 7 aliphatic rings. The van der Waals surface area contributed by atoms with Gasteiger partial charge >= 0.3 is 0 Å². The van der Waals surface area contributed by atoms with Gasteiger partial charge in [0.2, 0.25) is 0 Å². The van der Waals surface area contributed by atoms with Crippen molar-refractivity contribution in [3.8, 4) is 0 Å². The van der Waals surface area contributed by atoms with E-state index in [-0.39, 0.29) is 57.9 Å². The van der Waals surface area contributed by atoms with Crippen LogP contribution in [0.4, 0.5) is 0 Å². The van der Waals surface area contributed by atoms with Crippen LogP contribution >= 0.6 is 0 Å². The molecule has 4 heterocycles. The number of epoxide rings is 1. The highest BCUT2D eigenvalue weighted by atomic mass is 16.6. The first kappa shape index (κ1) is 47.6. The van der Waals surface area contributed by atoms with Crippen LogP contribution in [0, 0.1) is 64.1 Å². The number of hydrogen-bond acceptors (Lipinski definition) is 6. The van der Waals surface area contributed by atoms with E-state index in [1.54, 1.807) is 0 Å². The maximum absolute atomic E-state index is 15.8. The maximum Gasteiger partial charge on any atom is 0.163 e. The third-order valence-electron chi connectivity index (χ3n) is 20.9. The highest BCUT2D eigenvalue weighted by molar-refractivity contribution is 6.03. The van der Waals surface area contributed by atoms with E-state index in [9.17, 15) is 15.0 Å². The van der Waals surface area contributed by atoms with Crippen LogP contribution in [-0.2, 0) is 32.0 Å². The number of aliphatic hydroxyl groups excluding tert-OH is 2. The second kappa shape index (κ2) is 17.4. The fraction of sp³-hybridized carbons (Fsp3) is 0.729. The predicted molar refractivity (Wildman–Crippen MR) is 266 cm³/mol. The Bertz CT molecular complexity index is 2390. The van der Waals surface area contributed by atoms with E-state index in [0.717, 1.165) is 107 Å². The number of rotatable bonds is 14.